The summed E-state index contributed by atoms with van der Waals surface area (Å²) in [6.07, 6.45) is 1.13. The Morgan fingerprint density at radius 2 is 2.10 bits per heavy atom. The number of thiazole rings is 1. The standard InChI is InChI=1S/C12H7N3O3S2/c16-11(14-12-13-6-10(20-12)15(17)18)9-5-7-3-1-2-4-8(7)19-9/h1-6H,(H,13,14,16). The maximum Gasteiger partial charge on any atom is 0.345 e. The summed E-state index contributed by atoms with van der Waals surface area (Å²) in [7, 11) is 0. The van der Waals surface area contributed by atoms with Crippen LogP contribution < -0.4 is 5.32 Å². The molecule has 0 bridgehead atoms. The van der Waals surface area contributed by atoms with Crippen LogP contribution in [0.25, 0.3) is 10.1 Å². The second-order valence-electron chi connectivity index (χ2n) is 3.86. The van der Waals surface area contributed by atoms with E-state index >= 15 is 0 Å². The molecule has 0 saturated carbocycles. The van der Waals surface area contributed by atoms with Crippen LogP contribution in [0.2, 0.25) is 0 Å². The lowest BCUT2D eigenvalue weighted by Crippen LogP contribution is -2.09. The van der Waals surface area contributed by atoms with Gasteiger partial charge in [-0.25, -0.2) is 4.98 Å². The second kappa shape index (κ2) is 4.99. The van der Waals surface area contributed by atoms with Crippen molar-refractivity contribution in [3.63, 3.8) is 0 Å². The maximum atomic E-state index is 12.1. The normalized spacial score (nSPS) is 10.6. The van der Waals surface area contributed by atoms with Gasteiger partial charge in [0.05, 0.1) is 9.80 Å². The average Bonchev–Trinajstić information content (AvgIpc) is 3.04. The van der Waals surface area contributed by atoms with Crippen LogP contribution in [0.3, 0.4) is 0 Å². The molecule has 0 aliphatic rings. The number of rotatable bonds is 3. The molecule has 100 valence electrons. The number of nitro groups is 1. The fraction of sp³-hybridized carbons (Fsp3) is 0. The van der Waals surface area contributed by atoms with E-state index in [-0.39, 0.29) is 16.0 Å². The van der Waals surface area contributed by atoms with Gasteiger partial charge in [0.1, 0.15) is 6.20 Å². The quantitative estimate of drug-likeness (QED) is 0.592. The number of fused-ring (bicyclic) bond motifs is 1. The number of hydrogen-bond donors (Lipinski definition) is 1. The van der Waals surface area contributed by atoms with Gasteiger partial charge in [-0.05, 0) is 28.9 Å². The molecule has 8 heteroatoms. The molecule has 1 amide bonds. The van der Waals surface area contributed by atoms with Crippen LogP contribution >= 0.6 is 22.7 Å². The zero-order chi connectivity index (χ0) is 14.1. The van der Waals surface area contributed by atoms with Crippen LogP contribution in [0.15, 0.2) is 36.5 Å². The van der Waals surface area contributed by atoms with Crippen molar-refractivity contribution in [2.24, 2.45) is 0 Å². The third-order valence-corrected chi connectivity index (χ3v) is 4.52. The van der Waals surface area contributed by atoms with Crippen molar-refractivity contribution in [3.8, 4) is 0 Å². The molecular weight excluding hydrogens is 298 g/mol. The van der Waals surface area contributed by atoms with E-state index in [4.69, 9.17) is 0 Å². The highest BCUT2D eigenvalue weighted by molar-refractivity contribution is 7.21. The molecule has 3 rings (SSSR count). The Hall–Kier alpha value is -2.32. The molecular formula is C12H7N3O3S2. The third-order valence-electron chi connectivity index (χ3n) is 2.54. The molecule has 2 heterocycles. The predicted molar refractivity (Wildman–Crippen MR) is 78.5 cm³/mol. The Morgan fingerprint density at radius 3 is 2.80 bits per heavy atom. The van der Waals surface area contributed by atoms with Crippen LogP contribution in [0.4, 0.5) is 10.1 Å². The van der Waals surface area contributed by atoms with Gasteiger partial charge in [-0.15, -0.1) is 11.3 Å². The van der Waals surface area contributed by atoms with Crippen molar-refractivity contribution in [3.05, 3.63) is 51.5 Å². The number of nitrogens with zero attached hydrogens (tertiary/aromatic N) is 2. The zero-order valence-corrected chi connectivity index (χ0v) is 11.5. The maximum absolute atomic E-state index is 12.1. The van der Waals surface area contributed by atoms with Gasteiger partial charge in [-0.2, -0.15) is 0 Å². The van der Waals surface area contributed by atoms with Crippen molar-refractivity contribution in [1.82, 2.24) is 4.98 Å². The van der Waals surface area contributed by atoms with Crippen molar-refractivity contribution in [2.75, 3.05) is 5.32 Å². The van der Waals surface area contributed by atoms with Crippen molar-refractivity contribution >= 4 is 48.8 Å². The minimum atomic E-state index is -0.535. The van der Waals surface area contributed by atoms with Gasteiger partial charge < -0.3 is 0 Å². The highest BCUT2D eigenvalue weighted by Crippen LogP contribution is 2.28. The van der Waals surface area contributed by atoms with E-state index in [0.717, 1.165) is 27.6 Å². The van der Waals surface area contributed by atoms with Gasteiger partial charge in [-0.3, -0.25) is 20.2 Å². The van der Waals surface area contributed by atoms with Gasteiger partial charge in [0, 0.05) is 4.70 Å². The van der Waals surface area contributed by atoms with E-state index in [1.807, 2.05) is 24.3 Å². The summed E-state index contributed by atoms with van der Waals surface area (Å²) in [5.74, 6) is -0.310. The lowest BCUT2D eigenvalue weighted by atomic mass is 10.2. The zero-order valence-electron chi connectivity index (χ0n) is 9.90. The molecule has 2 aromatic heterocycles. The lowest BCUT2D eigenvalue weighted by Gasteiger charge is -1.96. The van der Waals surface area contributed by atoms with Crippen LogP contribution in [0.5, 0.6) is 0 Å². The van der Waals surface area contributed by atoms with Crippen LogP contribution in [0, 0.1) is 10.1 Å². The molecule has 0 radical (unpaired) electrons. The molecule has 0 aliphatic carbocycles. The van der Waals surface area contributed by atoms with E-state index in [0.29, 0.717) is 4.88 Å². The van der Waals surface area contributed by atoms with Gasteiger partial charge in [-0.1, -0.05) is 18.2 Å². The smallest absolute Gasteiger partial charge is 0.297 e. The van der Waals surface area contributed by atoms with E-state index in [1.165, 1.54) is 11.3 Å². The molecule has 3 aromatic rings. The molecule has 0 fully saturated rings. The van der Waals surface area contributed by atoms with Crippen LogP contribution in [-0.2, 0) is 0 Å². The molecule has 0 unspecified atom stereocenters. The fourth-order valence-electron chi connectivity index (χ4n) is 1.66. The summed E-state index contributed by atoms with van der Waals surface area (Å²) >= 11 is 2.20. The first-order valence-corrected chi connectivity index (χ1v) is 7.17. The summed E-state index contributed by atoms with van der Waals surface area (Å²) in [6.45, 7) is 0. The largest absolute Gasteiger partial charge is 0.345 e. The Bertz CT molecular complexity index is 776. The highest BCUT2D eigenvalue weighted by Gasteiger charge is 2.15. The number of anilines is 1. The number of carbonyl (C=O) groups excluding carboxylic acids is 1. The molecule has 0 atom stereocenters. The SMILES string of the molecule is O=C(Nc1ncc([N+](=O)[O-])s1)c1cc2ccccc2s1. The fourth-order valence-corrected chi connectivity index (χ4v) is 3.25. The Kier molecular flexibility index (Phi) is 3.17. The summed E-state index contributed by atoms with van der Waals surface area (Å²) in [4.78, 5) is 26.4. The van der Waals surface area contributed by atoms with E-state index < -0.39 is 4.92 Å². The van der Waals surface area contributed by atoms with Crippen LogP contribution in [0.1, 0.15) is 9.67 Å². The van der Waals surface area contributed by atoms with Crippen molar-refractivity contribution in [1.29, 1.82) is 0 Å². The van der Waals surface area contributed by atoms with Gasteiger partial charge in [0.25, 0.3) is 5.91 Å². The Labute approximate surface area is 120 Å². The Morgan fingerprint density at radius 1 is 1.30 bits per heavy atom. The number of benzene rings is 1. The molecule has 1 aromatic carbocycles. The molecule has 1 N–H and O–H groups in total. The van der Waals surface area contributed by atoms with Crippen molar-refractivity contribution in [2.45, 2.75) is 0 Å². The first-order valence-electron chi connectivity index (χ1n) is 5.53. The van der Waals surface area contributed by atoms with E-state index in [1.54, 1.807) is 6.07 Å². The lowest BCUT2D eigenvalue weighted by molar-refractivity contribution is -0.380. The number of nitrogens with one attached hydrogen (secondary N) is 1. The first-order chi connectivity index (χ1) is 9.63. The number of carbonyl (C=O) groups is 1. The molecule has 0 spiro atoms. The van der Waals surface area contributed by atoms with E-state index in [9.17, 15) is 14.9 Å². The minimum Gasteiger partial charge on any atom is -0.297 e. The molecule has 0 saturated heterocycles. The van der Waals surface area contributed by atoms with Gasteiger partial charge in [0.15, 0.2) is 5.13 Å². The van der Waals surface area contributed by atoms with Crippen LogP contribution in [-0.4, -0.2) is 15.8 Å². The Balaban J connectivity index is 1.83. The molecule has 6 nitrogen and oxygen atoms in total. The minimum absolute atomic E-state index is 0.100. The molecule has 20 heavy (non-hydrogen) atoms. The average molecular weight is 305 g/mol. The van der Waals surface area contributed by atoms with Gasteiger partial charge >= 0.3 is 5.00 Å². The number of aromatic nitrogens is 1. The summed E-state index contributed by atoms with van der Waals surface area (Å²) < 4.78 is 1.02. The summed E-state index contributed by atoms with van der Waals surface area (Å²) in [5.41, 5.74) is 0. The number of amides is 1. The summed E-state index contributed by atoms with van der Waals surface area (Å²) in [5, 5.41) is 14.2. The molecule has 0 aliphatic heterocycles. The predicted octanol–water partition coefficient (Wildman–Crippen LogP) is 3.52. The third kappa shape index (κ3) is 2.38. The van der Waals surface area contributed by atoms with Gasteiger partial charge in [0.2, 0.25) is 0 Å². The topological polar surface area (TPSA) is 85.1 Å². The van der Waals surface area contributed by atoms with Crippen molar-refractivity contribution < 1.29 is 9.72 Å². The second-order valence-corrected chi connectivity index (χ2v) is 5.96. The summed E-state index contributed by atoms with van der Waals surface area (Å²) in [6, 6.07) is 9.46. The monoisotopic (exact) mass is 305 g/mol. The van der Waals surface area contributed by atoms with E-state index in [2.05, 4.69) is 10.3 Å². The highest BCUT2D eigenvalue weighted by atomic mass is 32.1. The number of hydrogen-bond acceptors (Lipinski definition) is 6. The first kappa shape index (κ1) is 12.7. The number of thiophene rings is 1.